The second kappa shape index (κ2) is 7.36. The van der Waals surface area contributed by atoms with Crippen LogP contribution in [0.4, 0.5) is 0 Å². The summed E-state index contributed by atoms with van der Waals surface area (Å²) in [6.07, 6.45) is 0.768. The van der Waals surface area contributed by atoms with Crippen molar-refractivity contribution < 1.29 is 19.8 Å². The van der Waals surface area contributed by atoms with Crippen LogP contribution in [0.5, 0.6) is 5.75 Å². The average Bonchev–Trinajstić information content (AvgIpc) is 2.42. The maximum Gasteiger partial charge on any atom is 0.341 e. The van der Waals surface area contributed by atoms with E-state index in [4.69, 9.17) is 38.3 Å². The first-order valence-corrected chi connectivity index (χ1v) is 6.72. The lowest BCUT2D eigenvalue weighted by Gasteiger charge is -2.15. The molecule has 0 aliphatic rings. The normalized spacial score (nSPS) is 13.1. The highest BCUT2D eigenvalue weighted by molar-refractivity contribution is 6.45. The highest BCUT2D eigenvalue weighted by Gasteiger charge is 2.19. The summed E-state index contributed by atoms with van der Waals surface area (Å²) < 4.78 is 5.02. The van der Waals surface area contributed by atoms with Gasteiger partial charge in [0.2, 0.25) is 0 Å². The minimum atomic E-state index is -1.11. The largest absolute Gasteiger partial charge is 0.480 e. The topological polar surface area (TPSA) is 79.1 Å². The molecule has 7 heteroatoms. The molecule has 0 bridgehead atoms. The molecule has 0 heterocycles. The van der Waals surface area contributed by atoms with Crippen LogP contribution in [0.15, 0.2) is 17.3 Å². The van der Waals surface area contributed by atoms with Crippen LogP contribution in [0, 0.1) is 5.92 Å². The van der Waals surface area contributed by atoms with E-state index in [1.807, 2.05) is 13.8 Å². The van der Waals surface area contributed by atoms with Gasteiger partial charge in [0.05, 0.1) is 10.7 Å². The van der Waals surface area contributed by atoms with Crippen LogP contribution in [-0.2, 0) is 4.79 Å². The number of nitrogens with zero attached hydrogens (tertiary/aromatic N) is 1. The number of benzene rings is 1. The second-order valence-electron chi connectivity index (χ2n) is 4.22. The number of carboxylic acids is 1. The van der Waals surface area contributed by atoms with E-state index in [-0.39, 0.29) is 21.7 Å². The number of rotatable bonds is 6. The summed E-state index contributed by atoms with van der Waals surface area (Å²) in [6, 6.07) is 3.09. The van der Waals surface area contributed by atoms with Gasteiger partial charge in [0.1, 0.15) is 10.8 Å². The van der Waals surface area contributed by atoms with Crippen molar-refractivity contribution in [3.05, 3.63) is 27.7 Å². The van der Waals surface area contributed by atoms with Crippen molar-refractivity contribution in [2.75, 3.05) is 6.61 Å². The third-order valence-corrected chi connectivity index (χ3v) is 3.73. The van der Waals surface area contributed by atoms with Crippen LogP contribution in [0.2, 0.25) is 10.0 Å². The number of halogens is 2. The lowest BCUT2D eigenvalue weighted by molar-refractivity contribution is -0.139. The number of aliphatic carboxylic acids is 1. The Morgan fingerprint density at radius 1 is 1.40 bits per heavy atom. The van der Waals surface area contributed by atoms with E-state index in [0.29, 0.717) is 11.3 Å². The van der Waals surface area contributed by atoms with Crippen LogP contribution in [0.3, 0.4) is 0 Å². The minimum absolute atomic E-state index is 0.000598. The summed E-state index contributed by atoms with van der Waals surface area (Å²) in [4.78, 5) is 10.5. The monoisotopic (exact) mass is 319 g/mol. The highest BCUT2D eigenvalue weighted by atomic mass is 35.5. The predicted molar refractivity (Wildman–Crippen MR) is 77.4 cm³/mol. The summed E-state index contributed by atoms with van der Waals surface area (Å²) in [7, 11) is 0. The molecule has 2 N–H and O–H groups in total. The Bertz CT molecular complexity index is 531. The number of hydrogen-bond acceptors (Lipinski definition) is 4. The molecule has 0 fully saturated rings. The lowest BCUT2D eigenvalue weighted by Crippen LogP contribution is -2.13. The van der Waals surface area contributed by atoms with Gasteiger partial charge in [0.25, 0.3) is 0 Å². The molecule has 1 unspecified atom stereocenters. The molecule has 0 saturated carbocycles. The van der Waals surface area contributed by atoms with E-state index in [2.05, 4.69) is 5.16 Å². The fourth-order valence-corrected chi connectivity index (χ4v) is 2.06. The summed E-state index contributed by atoms with van der Waals surface area (Å²) in [6.45, 7) is 3.34. The van der Waals surface area contributed by atoms with Crippen molar-refractivity contribution in [1.29, 1.82) is 0 Å². The molecule has 0 aromatic heterocycles. The minimum Gasteiger partial charge on any atom is -0.480 e. The van der Waals surface area contributed by atoms with Gasteiger partial charge in [-0.05, 0) is 18.6 Å². The van der Waals surface area contributed by atoms with Crippen LogP contribution in [0.1, 0.15) is 25.8 Å². The zero-order valence-corrected chi connectivity index (χ0v) is 12.6. The van der Waals surface area contributed by atoms with Gasteiger partial charge in [0, 0.05) is 11.5 Å². The van der Waals surface area contributed by atoms with Gasteiger partial charge in [-0.3, -0.25) is 0 Å². The Balaban J connectivity index is 3.14. The average molecular weight is 320 g/mol. The van der Waals surface area contributed by atoms with E-state index in [1.165, 1.54) is 6.07 Å². The van der Waals surface area contributed by atoms with Gasteiger partial charge in [-0.2, -0.15) is 0 Å². The van der Waals surface area contributed by atoms with Crippen molar-refractivity contribution in [3.8, 4) is 5.75 Å². The SMILES string of the molecule is CCC(C)/C(=N\O)c1ccc(OCC(=O)O)c(Cl)c1Cl. The fourth-order valence-electron chi connectivity index (χ4n) is 1.59. The van der Waals surface area contributed by atoms with Crippen molar-refractivity contribution in [1.82, 2.24) is 0 Å². The molecule has 1 aromatic carbocycles. The molecule has 0 saturated heterocycles. The van der Waals surface area contributed by atoms with Gasteiger partial charge >= 0.3 is 5.97 Å². The molecular formula is C13H15Cl2NO4. The Labute approximate surface area is 126 Å². The summed E-state index contributed by atoms with van der Waals surface area (Å²) in [5.74, 6) is -0.943. The molecule has 110 valence electrons. The molecule has 0 radical (unpaired) electrons. The number of hydrogen-bond donors (Lipinski definition) is 2. The van der Waals surface area contributed by atoms with E-state index in [1.54, 1.807) is 6.07 Å². The third-order valence-electron chi connectivity index (χ3n) is 2.86. The molecule has 20 heavy (non-hydrogen) atoms. The molecule has 0 amide bonds. The summed E-state index contributed by atoms with van der Waals surface area (Å²) >= 11 is 12.2. The van der Waals surface area contributed by atoms with Gasteiger partial charge in [0.15, 0.2) is 6.61 Å². The van der Waals surface area contributed by atoms with Crippen molar-refractivity contribution in [2.45, 2.75) is 20.3 Å². The van der Waals surface area contributed by atoms with Crippen molar-refractivity contribution >= 4 is 34.9 Å². The zero-order valence-electron chi connectivity index (χ0n) is 11.1. The second-order valence-corrected chi connectivity index (χ2v) is 4.97. The van der Waals surface area contributed by atoms with Crippen molar-refractivity contribution in [2.24, 2.45) is 11.1 Å². The maximum absolute atomic E-state index is 10.5. The Morgan fingerprint density at radius 3 is 2.55 bits per heavy atom. The summed E-state index contributed by atoms with van der Waals surface area (Å²) in [5.41, 5.74) is 0.917. The fraction of sp³-hybridized carbons (Fsp3) is 0.385. The Hall–Kier alpha value is -1.46. The van der Waals surface area contributed by atoms with Crippen LogP contribution < -0.4 is 4.74 Å². The molecule has 0 spiro atoms. The van der Waals surface area contributed by atoms with Gasteiger partial charge in [-0.1, -0.05) is 42.2 Å². The van der Waals surface area contributed by atoms with E-state index >= 15 is 0 Å². The number of ether oxygens (including phenoxy) is 1. The highest BCUT2D eigenvalue weighted by Crippen LogP contribution is 2.36. The van der Waals surface area contributed by atoms with E-state index in [0.717, 1.165) is 6.42 Å². The zero-order chi connectivity index (χ0) is 15.3. The Kier molecular flexibility index (Phi) is 6.10. The molecule has 5 nitrogen and oxygen atoms in total. The number of oxime groups is 1. The van der Waals surface area contributed by atoms with E-state index < -0.39 is 12.6 Å². The van der Waals surface area contributed by atoms with Crippen LogP contribution in [0.25, 0.3) is 0 Å². The molecule has 1 rings (SSSR count). The predicted octanol–water partition coefficient (Wildman–Crippen LogP) is 3.68. The van der Waals surface area contributed by atoms with E-state index in [9.17, 15) is 4.79 Å². The quantitative estimate of drug-likeness (QED) is 0.476. The first-order chi connectivity index (χ1) is 9.42. The van der Waals surface area contributed by atoms with Crippen LogP contribution >= 0.6 is 23.2 Å². The van der Waals surface area contributed by atoms with Crippen LogP contribution in [-0.4, -0.2) is 28.6 Å². The van der Waals surface area contributed by atoms with Gasteiger partial charge < -0.3 is 15.1 Å². The smallest absolute Gasteiger partial charge is 0.341 e. The maximum atomic E-state index is 10.5. The molecule has 1 atom stereocenters. The lowest BCUT2D eigenvalue weighted by atomic mass is 9.96. The third kappa shape index (κ3) is 3.77. The Morgan fingerprint density at radius 2 is 2.05 bits per heavy atom. The first-order valence-electron chi connectivity index (χ1n) is 5.97. The first kappa shape index (κ1) is 16.6. The molecule has 1 aromatic rings. The summed E-state index contributed by atoms with van der Waals surface area (Å²) in [5, 5.41) is 21.2. The number of carboxylic acid groups (broad SMARTS) is 1. The van der Waals surface area contributed by atoms with Gasteiger partial charge in [-0.15, -0.1) is 0 Å². The molecule has 0 aliphatic carbocycles. The molecular weight excluding hydrogens is 305 g/mol. The molecule has 0 aliphatic heterocycles. The standard InChI is InChI=1S/C13H15Cl2NO4/c1-3-7(2)13(16-19)8-4-5-9(12(15)11(8)14)20-6-10(17)18/h4-5,7,19H,3,6H2,1-2H3,(H,17,18)/b16-13+. The van der Waals surface area contributed by atoms with Gasteiger partial charge in [-0.25, -0.2) is 4.79 Å². The number of carbonyl (C=O) groups is 1. The van der Waals surface area contributed by atoms with Crippen molar-refractivity contribution in [3.63, 3.8) is 0 Å².